The largest absolute Gasteiger partial charge is 0.497 e. The zero-order valence-corrected chi connectivity index (χ0v) is 17.1. The van der Waals surface area contributed by atoms with Gasteiger partial charge in [0, 0.05) is 17.5 Å². The molecule has 0 spiro atoms. The van der Waals surface area contributed by atoms with Crippen molar-refractivity contribution in [3.63, 3.8) is 0 Å². The molecule has 0 aliphatic carbocycles. The molecule has 1 amide bonds. The molecule has 1 aromatic heterocycles. The maximum atomic E-state index is 12.9. The van der Waals surface area contributed by atoms with Crippen LogP contribution >= 0.6 is 11.6 Å². The van der Waals surface area contributed by atoms with E-state index in [2.05, 4.69) is 10.3 Å². The fraction of sp³-hybridized carbons (Fsp3) is 0.208. The van der Waals surface area contributed by atoms with E-state index in [1.807, 2.05) is 36.4 Å². The number of carbonyl (C=O) groups is 1. The third-order valence-corrected chi connectivity index (χ3v) is 4.82. The van der Waals surface area contributed by atoms with Gasteiger partial charge in [-0.1, -0.05) is 49.4 Å². The minimum absolute atomic E-state index is 0. The van der Waals surface area contributed by atoms with E-state index in [1.54, 1.807) is 32.2 Å². The van der Waals surface area contributed by atoms with Crippen molar-refractivity contribution in [1.82, 2.24) is 4.98 Å². The van der Waals surface area contributed by atoms with Crippen LogP contribution in [0.15, 0.2) is 60.8 Å². The molecule has 156 valence electrons. The van der Waals surface area contributed by atoms with Crippen molar-refractivity contribution in [1.29, 1.82) is 5.41 Å². The Hall–Kier alpha value is -3.18. The molecule has 0 atom stereocenters. The van der Waals surface area contributed by atoms with Crippen LogP contribution in [0.3, 0.4) is 0 Å². The van der Waals surface area contributed by atoms with Gasteiger partial charge in [0.25, 0.3) is 5.91 Å². The number of anilines is 1. The first kappa shape index (κ1) is 23.1. The Morgan fingerprint density at radius 3 is 2.43 bits per heavy atom. The molecule has 6 heteroatoms. The van der Waals surface area contributed by atoms with Gasteiger partial charge in [-0.15, -0.1) is 0 Å². The summed E-state index contributed by atoms with van der Waals surface area (Å²) in [6, 6.07) is 16.8. The first-order valence-corrected chi connectivity index (χ1v) is 9.58. The maximum absolute atomic E-state index is 12.9. The summed E-state index contributed by atoms with van der Waals surface area (Å²) in [5.74, 6) is 0.808. The lowest BCUT2D eigenvalue weighted by Crippen LogP contribution is -2.15. The molecule has 0 aliphatic rings. The van der Waals surface area contributed by atoms with Gasteiger partial charge in [-0.3, -0.25) is 4.79 Å². The highest BCUT2D eigenvalue weighted by Crippen LogP contribution is 2.21. The smallest absolute Gasteiger partial charge is 0.257 e. The zero-order chi connectivity index (χ0) is 20.8. The van der Waals surface area contributed by atoms with Crippen LogP contribution in [0.1, 0.15) is 41.4 Å². The van der Waals surface area contributed by atoms with E-state index in [1.165, 1.54) is 6.20 Å². The van der Waals surface area contributed by atoms with Crippen LogP contribution in [-0.2, 0) is 12.8 Å². The average molecular weight is 424 g/mol. The number of hydrogen-bond donors (Lipinski definition) is 2. The maximum Gasteiger partial charge on any atom is 0.257 e. The number of halogens is 1. The highest BCUT2D eigenvalue weighted by atomic mass is 35.5. The summed E-state index contributed by atoms with van der Waals surface area (Å²) >= 11 is 5.85. The van der Waals surface area contributed by atoms with Crippen LogP contribution in [0.2, 0.25) is 5.02 Å². The summed E-state index contributed by atoms with van der Waals surface area (Å²) in [7, 11) is 1.57. The van der Waals surface area contributed by atoms with Gasteiger partial charge in [0.2, 0.25) is 0 Å². The van der Waals surface area contributed by atoms with E-state index < -0.39 is 0 Å². The molecule has 0 saturated carbocycles. The third kappa shape index (κ3) is 5.91. The van der Waals surface area contributed by atoms with Crippen molar-refractivity contribution in [3.8, 4) is 5.75 Å². The highest BCUT2D eigenvalue weighted by Gasteiger charge is 2.14. The minimum atomic E-state index is -0.247. The summed E-state index contributed by atoms with van der Waals surface area (Å²) in [5, 5.41) is 11.0. The second-order valence-corrected chi connectivity index (χ2v) is 7.10. The molecule has 0 aliphatic heterocycles. The molecule has 0 saturated heterocycles. The Labute approximate surface area is 182 Å². The van der Waals surface area contributed by atoms with Gasteiger partial charge in [-0.05, 0) is 60.7 Å². The topological polar surface area (TPSA) is 75.1 Å². The Kier molecular flexibility index (Phi) is 8.13. The van der Waals surface area contributed by atoms with E-state index >= 15 is 0 Å². The first-order valence-electron chi connectivity index (χ1n) is 9.20. The molecule has 2 N–H and O–H groups in total. The molecule has 0 bridgehead atoms. The predicted molar refractivity (Wildman–Crippen MR) is 123 cm³/mol. The van der Waals surface area contributed by atoms with Crippen LogP contribution in [0, 0.1) is 5.41 Å². The number of benzene rings is 2. The molecule has 2 aromatic carbocycles. The lowest BCUT2D eigenvalue weighted by molar-refractivity contribution is 0.102. The summed E-state index contributed by atoms with van der Waals surface area (Å²) in [6.45, 7) is 1.77. The number of rotatable bonds is 7. The molecule has 0 unspecified atom stereocenters. The fourth-order valence-corrected chi connectivity index (χ4v) is 3.06. The second-order valence-electron chi connectivity index (χ2n) is 6.66. The number of ether oxygens (including phenoxy) is 1. The lowest BCUT2D eigenvalue weighted by atomic mass is 9.98. The SMILES string of the molecule is C.COc1ccc(CCc2ccc(C(C)=N)cc2)c(C(=O)Nc2ccc(Cl)cn2)c1. The van der Waals surface area contributed by atoms with Crippen molar-refractivity contribution in [2.75, 3.05) is 12.4 Å². The Bertz CT molecular complexity index is 1020. The number of aryl methyl sites for hydroxylation is 2. The van der Waals surface area contributed by atoms with Gasteiger partial charge >= 0.3 is 0 Å². The van der Waals surface area contributed by atoms with Gasteiger partial charge in [-0.2, -0.15) is 0 Å². The normalized spacial score (nSPS) is 10.1. The predicted octanol–water partition coefficient (Wildman–Crippen LogP) is 5.80. The van der Waals surface area contributed by atoms with Gasteiger partial charge in [0.15, 0.2) is 0 Å². The summed E-state index contributed by atoms with van der Waals surface area (Å²) < 4.78 is 5.29. The molecule has 3 rings (SSSR count). The molecule has 0 fully saturated rings. The fourth-order valence-electron chi connectivity index (χ4n) is 2.95. The number of nitrogens with one attached hydrogen (secondary N) is 2. The number of nitrogens with zero attached hydrogens (tertiary/aromatic N) is 1. The highest BCUT2D eigenvalue weighted by molar-refractivity contribution is 6.30. The van der Waals surface area contributed by atoms with E-state index in [4.69, 9.17) is 21.7 Å². The van der Waals surface area contributed by atoms with E-state index in [0.29, 0.717) is 34.3 Å². The summed E-state index contributed by atoms with van der Waals surface area (Å²) in [6.07, 6.45) is 2.97. The van der Waals surface area contributed by atoms with Crippen molar-refractivity contribution in [2.24, 2.45) is 0 Å². The minimum Gasteiger partial charge on any atom is -0.497 e. The standard InChI is InChI=1S/C23H22ClN3O2.CH4/c1-15(25)17-6-3-16(4-7-17)5-8-18-9-11-20(29-2)13-21(18)23(28)27-22-12-10-19(24)14-26-22;/h3-4,6-7,9-14,25H,5,8H2,1-2H3,(H,26,27,28);1H4. The Morgan fingerprint density at radius 1 is 1.10 bits per heavy atom. The Morgan fingerprint density at radius 2 is 1.83 bits per heavy atom. The van der Waals surface area contributed by atoms with Gasteiger partial charge < -0.3 is 15.5 Å². The monoisotopic (exact) mass is 423 g/mol. The van der Waals surface area contributed by atoms with Crippen molar-refractivity contribution in [3.05, 3.63) is 88.1 Å². The quantitative estimate of drug-likeness (QED) is 0.471. The zero-order valence-electron chi connectivity index (χ0n) is 16.3. The average Bonchev–Trinajstić information content (AvgIpc) is 2.74. The number of pyridine rings is 1. The van der Waals surface area contributed by atoms with Crippen LogP contribution in [0.5, 0.6) is 5.75 Å². The molecule has 5 nitrogen and oxygen atoms in total. The second kappa shape index (κ2) is 10.6. The molecular formula is C24H26ClN3O2. The van der Waals surface area contributed by atoms with Crippen LogP contribution < -0.4 is 10.1 Å². The molecule has 1 heterocycles. The van der Waals surface area contributed by atoms with E-state index in [0.717, 1.165) is 23.1 Å². The Balaban J connectivity index is 0.00000320. The molecular weight excluding hydrogens is 398 g/mol. The van der Waals surface area contributed by atoms with Crippen LogP contribution in [0.4, 0.5) is 5.82 Å². The van der Waals surface area contributed by atoms with Gasteiger partial charge in [0.05, 0.1) is 12.1 Å². The molecule has 0 radical (unpaired) electrons. The van der Waals surface area contributed by atoms with Gasteiger partial charge in [0.1, 0.15) is 11.6 Å². The summed E-state index contributed by atoms with van der Waals surface area (Å²) in [4.78, 5) is 17.0. The van der Waals surface area contributed by atoms with E-state index in [-0.39, 0.29) is 13.3 Å². The van der Waals surface area contributed by atoms with Crippen molar-refractivity contribution in [2.45, 2.75) is 27.2 Å². The van der Waals surface area contributed by atoms with Crippen molar-refractivity contribution >= 4 is 29.0 Å². The number of methoxy groups -OCH3 is 1. The van der Waals surface area contributed by atoms with Gasteiger partial charge in [-0.25, -0.2) is 4.98 Å². The number of hydrogen-bond acceptors (Lipinski definition) is 4. The number of carbonyl (C=O) groups excluding carboxylic acids is 1. The number of amides is 1. The third-order valence-electron chi connectivity index (χ3n) is 4.60. The summed E-state index contributed by atoms with van der Waals surface area (Å²) in [5.41, 5.74) is 4.07. The number of aromatic nitrogens is 1. The molecule has 3 aromatic rings. The van der Waals surface area contributed by atoms with Crippen LogP contribution in [0.25, 0.3) is 0 Å². The molecule has 30 heavy (non-hydrogen) atoms. The van der Waals surface area contributed by atoms with Crippen molar-refractivity contribution < 1.29 is 9.53 Å². The van der Waals surface area contributed by atoms with E-state index in [9.17, 15) is 4.79 Å². The van der Waals surface area contributed by atoms with Crippen LogP contribution in [-0.4, -0.2) is 23.7 Å². The first-order chi connectivity index (χ1) is 14.0. The lowest BCUT2D eigenvalue weighted by Gasteiger charge is -2.12.